The number of nitrogens with two attached hydrogens (primary N) is 1. The van der Waals surface area contributed by atoms with Gasteiger partial charge in [0.1, 0.15) is 12.1 Å². The number of hydrogen-bond acceptors (Lipinski definition) is 3. The summed E-state index contributed by atoms with van der Waals surface area (Å²) in [5.74, 6) is 1.01. The van der Waals surface area contributed by atoms with E-state index in [4.69, 9.17) is 5.73 Å². The van der Waals surface area contributed by atoms with Gasteiger partial charge in [-0.3, -0.25) is 4.57 Å². The van der Waals surface area contributed by atoms with Crippen LogP contribution in [0.2, 0.25) is 0 Å². The average Bonchev–Trinajstić information content (AvgIpc) is 2.82. The number of aryl methyl sites for hydroxylation is 2. The Morgan fingerprint density at radius 2 is 2.10 bits per heavy atom. The van der Waals surface area contributed by atoms with Gasteiger partial charge in [-0.2, -0.15) is 0 Å². The lowest BCUT2D eigenvalue weighted by Gasteiger charge is -2.15. The van der Waals surface area contributed by atoms with E-state index in [9.17, 15) is 0 Å². The van der Waals surface area contributed by atoms with Crippen LogP contribution in [0.25, 0.3) is 5.82 Å². The van der Waals surface area contributed by atoms with Crippen LogP contribution in [0.1, 0.15) is 42.3 Å². The molecule has 0 radical (unpaired) electrons. The van der Waals surface area contributed by atoms with Gasteiger partial charge in [0.15, 0.2) is 0 Å². The van der Waals surface area contributed by atoms with Crippen molar-refractivity contribution in [1.29, 1.82) is 0 Å². The van der Waals surface area contributed by atoms with E-state index in [-0.39, 0.29) is 6.04 Å². The molecule has 20 heavy (non-hydrogen) atoms. The van der Waals surface area contributed by atoms with Gasteiger partial charge in [0.2, 0.25) is 0 Å². The molecule has 4 nitrogen and oxygen atoms in total. The molecule has 0 aromatic carbocycles. The Labute approximate surface area is 120 Å². The summed E-state index contributed by atoms with van der Waals surface area (Å²) in [6.07, 6.45) is 9.46. The van der Waals surface area contributed by atoms with Crippen molar-refractivity contribution in [2.45, 2.75) is 52.0 Å². The number of imidazole rings is 1. The summed E-state index contributed by atoms with van der Waals surface area (Å²) in [5.41, 5.74) is 10.8. The highest BCUT2D eigenvalue weighted by atomic mass is 15.1. The van der Waals surface area contributed by atoms with Crippen LogP contribution in [-0.4, -0.2) is 20.6 Å². The van der Waals surface area contributed by atoms with Crippen LogP contribution >= 0.6 is 0 Å². The molecule has 1 aliphatic rings. The Bertz CT molecular complexity index is 613. The SMILES string of the molecule is Cc1cc(CC(C)N)cnc1-n1cnc2c1CCCC2. The molecule has 0 spiro atoms. The van der Waals surface area contributed by atoms with Crippen LogP contribution < -0.4 is 5.73 Å². The number of hydrogen-bond donors (Lipinski definition) is 1. The molecule has 2 N–H and O–H groups in total. The van der Waals surface area contributed by atoms with Crippen LogP contribution in [0.3, 0.4) is 0 Å². The smallest absolute Gasteiger partial charge is 0.140 e. The van der Waals surface area contributed by atoms with E-state index in [0.29, 0.717) is 0 Å². The standard InChI is InChI=1S/C16H22N4/c1-11-7-13(8-12(2)17)9-18-16(11)20-10-19-14-5-3-4-6-15(14)20/h7,9-10,12H,3-6,8,17H2,1-2H3. The zero-order valence-electron chi connectivity index (χ0n) is 12.3. The molecule has 0 aliphatic heterocycles. The summed E-state index contributed by atoms with van der Waals surface area (Å²) in [7, 11) is 0. The Kier molecular flexibility index (Phi) is 3.57. The van der Waals surface area contributed by atoms with Gasteiger partial charge in [-0.05, 0) is 57.1 Å². The highest BCUT2D eigenvalue weighted by molar-refractivity contribution is 5.38. The molecule has 0 saturated heterocycles. The molecule has 0 amide bonds. The largest absolute Gasteiger partial charge is 0.328 e. The average molecular weight is 270 g/mol. The van der Waals surface area contributed by atoms with E-state index in [0.717, 1.165) is 25.1 Å². The van der Waals surface area contributed by atoms with Crippen LogP contribution in [0.15, 0.2) is 18.6 Å². The Morgan fingerprint density at radius 1 is 1.30 bits per heavy atom. The lowest BCUT2D eigenvalue weighted by Crippen LogP contribution is -2.18. The fourth-order valence-corrected chi connectivity index (χ4v) is 3.01. The Hall–Kier alpha value is -1.68. The number of nitrogens with zero attached hydrogens (tertiary/aromatic N) is 3. The maximum absolute atomic E-state index is 5.86. The lowest BCUT2D eigenvalue weighted by molar-refractivity contribution is 0.653. The maximum Gasteiger partial charge on any atom is 0.140 e. The number of fused-ring (bicyclic) bond motifs is 1. The quantitative estimate of drug-likeness (QED) is 0.931. The molecule has 1 aliphatic carbocycles. The minimum Gasteiger partial charge on any atom is -0.328 e. The monoisotopic (exact) mass is 270 g/mol. The maximum atomic E-state index is 5.86. The van der Waals surface area contributed by atoms with Crippen LogP contribution in [-0.2, 0) is 19.3 Å². The first-order chi connectivity index (χ1) is 9.65. The van der Waals surface area contributed by atoms with Gasteiger partial charge < -0.3 is 5.73 Å². The highest BCUT2D eigenvalue weighted by Gasteiger charge is 2.17. The van der Waals surface area contributed by atoms with Crippen LogP contribution in [0, 0.1) is 6.92 Å². The molecular weight excluding hydrogens is 248 g/mol. The molecule has 106 valence electrons. The van der Waals surface area contributed by atoms with E-state index in [1.54, 1.807) is 0 Å². The zero-order valence-corrected chi connectivity index (χ0v) is 12.3. The Morgan fingerprint density at radius 3 is 2.85 bits per heavy atom. The van der Waals surface area contributed by atoms with E-state index in [1.165, 1.54) is 35.4 Å². The van der Waals surface area contributed by atoms with Crippen molar-refractivity contribution < 1.29 is 0 Å². The summed E-state index contributed by atoms with van der Waals surface area (Å²) in [6, 6.07) is 2.36. The van der Waals surface area contributed by atoms with Gasteiger partial charge in [0, 0.05) is 17.9 Å². The van der Waals surface area contributed by atoms with Crippen molar-refractivity contribution in [1.82, 2.24) is 14.5 Å². The van der Waals surface area contributed by atoms with Gasteiger partial charge in [-0.1, -0.05) is 6.07 Å². The second-order valence-corrected chi connectivity index (χ2v) is 5.88. The first-order valence-corrected chi connectivity index (χ1v) is 7.41. The van der Waals surface area contributed by atoms with Crippen LogP contribution in [0.4, 0.5) is 0 Å². The molecular formula is C16H22N4. The molecule has 1 unspecified atom stereocenters. The second-order valence-electron chi connectivity index (χ2n) is 5.88. The van der Waals surface area contributed by atoms with E-state index in [1.807, 2.05) is 19.4 Å². The second kappa shape index (κ2) is 5.37. The Balaban J connectivity index is 1.96. The van der Waals surface area contributed by atoms with E-state index >= 15 is 0 Å². The van der Waals surface area contributed by atoms with Crippen molar-refractivity contribution in [2.24, 2.45) is 5.73 Å². The summed E-state index contributed by atoms with van der Waals surface area (Å²) in [4.78, 5) is 9.20. The van der Waals surface area contributed by atoms with E-state index in [2.05, 4.69) is 27.5 Å². The zero-order chi connectivity index (χ0) is 14.1. The number of aromatic nitrogens is 3. The molecule has 0 saturated carbocycles. The van der Waals surface area contributed by atoms with Crippen molar-refractivity contribution in [3.05, 3.63) is 41.1 Å². The first-order valence-electron chi connectivity index (χ1n) is 7.41. The van der Waals surface area contributed by atoms with Crippen LogP contribution in [0.5, 0.6) is 0 Å². The number of pyridine rings is 1. The summed E-state index contributed by atoms with van der Waals surface area (Å²) in [5, 5.41) is 0. The van der Waals surface area contributed by atoms with Crippen molar-refractivity contribution in [2.75, 3.05) is 0 Å². The van der Waals surface area contributed by atoms with Crippen molar-refractivity contribution in [3.63, 3.8) is 0 Å². The predicted molar refractivity (Wildman–Crippen MR) is 80.1 cm³/mol. The third-order valence-electron chi connectivity index (χ3n) is 3.92. The fourth-order valence-electron chi connectivity index (χ4n) is 3.01. The lowest BCUT2D eigenvalue weighted by atomic mass is 10.0. The normalized spacial score (nSPS) is 15.9. The third kappa shape index (κ3) is 2.48. The summed E-state index contributed by atoms with van der Waals surface area (Å²) >= 11 is 0. The highest BCUT2D eigenvalue weighted by Crippen LogP contribution is 2.24. The molecule has 2 aromatic heterocycles. The van der Waals surface area contributed by atoms with Crippen molar-refractivity contribution >= 4 is 0 Å². The fraction of sp³-hybridized carbons (Fsp3) is 0.500. The molecule has 1 atom stereocenters. The molecule has 3 rings (SSSR count). The van der Waals surface area contributed by atoms with E-state index < -0.39 is 0 Å². The minimum atomic E-state index is 0.169. The van der Waals surface area contributed by atoms with Gasteiger partial charge in [-0.15, -0.1) is 0 Å². The molecule has 2 aromatic rings. The summed E-state index contributed by atoms with van der Waals surface area (Å²) in [6.45, 7) is 4.14. The van der Waals surface area contributed by atoms with Gasteiger partial charge in [0.05, 0.1) is 5.69 Å². The van der Waals surface area contributed by atoms with Gasteiger partial charge >= 0.3 is 0 Å². The topological polar surface area (TPSA) is 56.7 Å². The summed E-state index contributed by atoms with van der Waals surface area (Å²) < 4.78 is 2.17. The first kappa shape index (κ1) is 13.3. The third-order valence-corrected chi connectivity index (χ3v) is 3.92. The van der Waals surface area contributed by atoms with Crippen molar-refractivity contribution in [3.8, 4) is 5.82 Å². The predicted octanol–water partition coefficient (Wildman–Crippen LogP) is 2.34. The molecule has 0 fully saturated rings. The minimum absolute atomic E-state index is 0.169. The molecule has 0 bridgehead atoms. The van der Waals surface area contributed by atoms with Gasteiger partial charge in [-0.25, -0.2) is 9.97 Å². The molecule has 4 heteroatoms. The molecule has 2 heterocycles. The number of rotatable bonds is 3. The van der Waals surface area contributed by atoms with Gasteiger partial charge in [0.25, 0.3) is 0 Å².